The average molecular weight is 505 g/mol. The van der Waals surface area contributed by atoms with Gasteiger partial charge in [0.25, 0.3) is 11.8 Å². The van der Waals surface area contributed by atoms with Crippen LogP contribution in [0, 0.1) is 5.92 Å². The second-order valence-corrected chi connectivity index (χ2v) is 9.35. The van der Waals surface area contributed by atoms with Gasteiger partial charge in [0.1, 0.15) is 5.75 Å². The number of amides is 2. The number of nitrogens with one attached hydrogen (secondary N) is 2. The molecule has 1 aromatic heterocycles. The third-order valence-corrected chi connectivity index (χ3v) is 6.80. The molecule has 4 rings (SSSR count). The van der Waals surface area contributed by atoms with Crippen molar-refractivity contribution in [2.45, 2.75) is 25.9 Å². The predicted molar refractivity (Wildman–Crippen MR) is 133 cm³/mol. The van der Waals surface area contributed by atoms with Crippen LogP contribution in [-0.2, 0) is 4.74 Å². The average Bonchev–Trinajstić information content (AvgIpc) is 3.40. The zero-order valence-corrected chi connectivity index (χ0v) is 20.7. The zero-order valence-electron chi connectivity index (χ0n) is 20.0. The van der Waals surface area contributed by atoms with Crippen molar-refractivity contribution >= 4 is 29.1 Å². The Labute approximate surface area is 210 Å². The van der Waals surface area contributed by atoms with Crippen molar-refractivity contribution in [1.29, 1.82) is 0 Å². The van der Waals surface area contributed by atoms with Crippen molar-refractivity contribution in [3.8, 4) is 5.75 Å². The Morgan fingerprint density at radius 3 is 2.83 bits per heavy atom. The highest BCUT2D eigenvalue weighted by atomic mass is 35.5. The molecule has 2 fully saturated rings. The Kier molecular flexibility index (Phi) is 8.48. The number of piperidine rings is 1. The number of carbonyl (C=O) groups excluding carboxylic acids is 2. The number of imidazole rings is 1. The molecule has 2 saturated heterocycles. The third kappa shape index (κ3) is 6.45. The number of carbonyl (C=O) groups is 2. The first-order valence-corrected chi connectivity index (χ1v) is 12.4. The fourth-order valence-electron chi connectivity index (χ4n) is 4.61. The van der Waals surface area contributed by atoms with Crippen LogP contribution < -0.4 is 15.8 Å². The molecule has 0 bridgehead atoms. The van der Waals surface area contributed by atoms with Crippen molar-refractivity contribution < 1.29 is 19.1 Å². The van der Waals surface area contributed by atoms with Crippen LogP contribution in [-0.4, -0.2) is 90.2 Å². The van der Waals surface area contributed by atoms with Gasteiger partial charge in [0.2, 0.25) is 0 Å². The number of anilines is 1. The molecule has 2 aliphatic rings. The van der Waals surface area contributed by atoms with Gasteiger partial charge in [0.05, 0.1) is 35.6 Å². The number of H-pyrrole nitrogens is 1. The number of nitrogens with zero attached hydrogens (tertiary/aromatic N) is 3. The third-order valence-electron chi connectivity index (χ3n) is 6.48. The number of nitrogens with two attached hydrogens (primary N) is 1. The molecule has 0 radical (unpaired) electrons. The summed E-state index contributed by atoms with van der Waals surface area (Å²) in [5, 5.41) is 3.26. The lowest BCUT2D eigenvalue weighted by molar-refractivity contribution is -0.0332. The maximum absolute atomic E-state index is 12.8. The van der Waals surface area contributed by atoms with Crippen LogP contribution in [0.4, 0.5) is 5.69 Å². The fraction of sp³-hybridized carbons (Fsp3) is 0.542. The molecule has 2 aliphatic heterocycles. The van der Waals surface area contributed by atoms with E-state index in [1.54, 1.807) is 18.5 Å². The maximum atomic E-state index is 12.8. The van der Waals surface area contributed by atoms with E-state index in [0.29, 0.717) is 53.5 Å². The second kappa shape index (κ2) is 11.7. The van der Waals surface area contributed by atoms with Gasteiger partial charge in [-0.1, -0.05) is 11.6 Å². The first-order chi connectivity index (χ1) is 16.9. The molecule has 2 aromatic rings. The van der Waals surface area contributed by atoms with E-state index in [2.05, 4.69) is 20.2 Å². The van der Waals surface area contributed by atoms with Crippen LogP contribution in [0.25, 0.3) is 0 Å². The topological polar surface area (TPSA) is 126 Å². The Morgan fingerprint density at radius 1 is 1.31 bits per heavy atom. The molecule has 3 heterocycles. The summed E-state index contributed by atoms with van der Waals surface area (Å²) in [6.07, 6.45) is 5.08. The number of benzene rings is 1. The molecule has 0 spiro atoms. The van der Waals surface area contributed by atoms with Gasteiger partial charge in [-0.05, 0) is 31.7 Å². The molecule has 4 N–H and O–H groups in total. The smallest absolute Gasteiger partial charge is 0.289 e. The summed E-state index contributed by atoms with van der Waals surface area (Å²) in [6, 6.07) is 3.11. The number of halogens is 1. The summed E-state index contributed by atoms with van der Waals surface area (Å²) in [6.45, 7) is 7.30. The lowest BCUT2D eigenvalue weighted by atomic mass is 9.95. The van der Waals surface area contributed by atoms with Crippen LogP contribution in [0.3, 0.4) is 0 Å². The van der Waals surface area contributed by atoms with Crippen LogP contribution >= 0.6 is 11.6 Å². The zero-order chi connectivity index (χ0) is 24.8. The van der Waals surface area contributed by atoms with Gasteiger partial charge in [-0.15, -0.1) is 0 Å². The normalized spacial score (nSPS) is 19.5. The van der Waals surface area contributed by atoms with E-state index < -0.39 is 0 Å². The highest BCUT2D eigenvalue weighted by Crippen LogP contribution is 2.29. The highest BCUT2D eigenvalue weighted by Gasteiger charge is 2.28. The summed E-state index contributed by atoms with van der Waals surface area (Å²) in [4.78, 5) is 36.5. The first kappa shape index (κ1) is 25.3. The number of rotatable bonds is 8. The second-order valence-electron chi connectivity index (χ2n) is 8.94. The molecule has 10 nitrogen and oxygen atoms in total. The largest absolute Gasteiger partial charge is 0.493 e. The minimum Gasteiger partial charge on any atom is -0.493 e. The highest BCUT2D eigenvalue weighted by molar-refractivity contribution is 6.33. The summed E-state index contributed by atoms with van der Waals surface area (Å²) >= 11 is 6.12. The minimum absolute atomic E-state index is 0.0366. The molecule has 1 unspecified atom stereocenters. The van der Waals surface area contributed by atoms with Gasteiger partial charge < -0.3 is 30.4 Å². The Bertz CT molecular complexity index is 1010. The number of nitrogen functional groups attached to an aromatic ring is 1. The number of aromatic amines is 1. The predicted octanol–water partition coefficient (Wildman–Crippen LogP) is 2.03. The molecular weight excluding hydrogens is 472 g/mol. The van der Waals surface area contributed by atoms with Crippen molar-refractivity contribution in [2.24, 2.45) is 5.92 Å². The van der Waals surface area contributed by atoms with Gasteiger partial charge in [-0.2, -0.15) is 0 Å². The van der Waals surface area contributed by atoms with Crippen LogP contribution in [0.2, 0.25) is 5.02 Å². The van der Waals surface area contributed by atoms with Gasteiger partial charge in [-0.3, -0.25) is 14.5 Å². The summed E-state index contributed by atoms with van der Waals surface area (Å²) in [7, 11) is 0. The first-order valence-electron chi connectivity index (χ1n) is 12.1. The minimum atomic E-state index is -0.273. The van der Waals surface area contributed by atoms with Crippen molar-refractivity contribution in [2.75, 3.05) is 58.2 Å². The Balaban J connectivity index is 1.24. The van der Waals surface area contributed by atoms with E-state index in [9.17, 15) is 9.59 Å². The van der Waals surface area contributed by atoms with E-state index in [4.69, 9.17) is 26.8 Å². The number of likely N-dealkylation sites (tertiary alicyclic amines) is 1. The monoisotopic (exact) mass is 504 g/mol. The van der Waals surface area contributed by atoms with E-state index in [-0.39, 0.29) is 17.9 Å². The van der Waals surface area contributed by atoms with E-state index in [0.717, 1.165) is 45.6 Å². The molecule has 1 aromatic carbocycles. The molecular formula is C24H33ClN6O4. The van der Waals surface area contributed by atoms with Gasteiger partial charge >= 0.3 is 0 Å². The summed E-state index contributed by atoms with van der Waals surface area (Å²) in [5.41, 5.74) is 6.58. The van der Waals surface area contributed by atoms with Gasteiger partial charge in [0, 0.05) is 57.7 Å². The molecule has 0 saturated carbocycles. The van der Waals surface area contributed by atoms with Crippen LogP contribution in [0.1, 0.15) is 40.7 Å². The van der Waals surface area contributed by atoms with Crippen LogP contribution in [0.15, 0.2) is 24.5 Å². The van der Waals surface area contributed by atoms with Gasteiger partial charge in [0.15, 0.2) is 5.82 Å². The van der Waals surface area contributed by atoms with E-state index in [1.807, 2.05) is 11.8 Å². The van der Waals surface area contributed by atoms with Crippen LogP contribution in [0.5, 0.6) is 5.75 Å². The maximum Gasteiger partial charge on any atom is 0.289 e. The molecule has 11 heteroatoms. The quantitative estimate of drug-likeness (QED) is 0.469. The standard InChI is InChI=1S/C24H33ClN6O4/c1-2-34-21-12-20(26)19(25)11-18(21)23(32)29-13-17-15-30(9-10-35-17)14-16-3-7-31(8-4-16)24(33)22-27-5-6-28-22/h5-6,11-12,16-17H,2-4,7-10,13-15,26H2,1H3,(H,27,28)(H,29,32). The van der Waals surface area contributed by atoms with Crippen molar-refractivity contribution in [1.82, 2.24) is 25.1 Å². The molecule has 190 valence electrons. The SMILES string of the molecule is CCOc1cc(N)c(Cl)cc1C(=O)NCC1CN(CC2CCN(C(=O)c3ncc[nH]3)CC2)CCO1. The molecule has 0 aliphatic carbocycles. The molecule has 1 atom stereocenters. The lowest BCUT2D eigenvalue weighted by Gasteiger charge is -2.38. The fourth-order valence-corrected chi connectivity index (χ4v) is 4.77. The number of aromatic nitrogens is 2. The molecule has 2 amide bonds. The number of morpholine rings is 1. The summed E-state index contributed by atoms with van der Waals surface area (Å²) in [5.74, 6) is 1.02. The van der Waals surface area contributed by atoms with Crippen molar-refractivity contribution in [3.05, 3.63) is 40.9 Å². The number of hydrogen-bond donors (Lipinski definition) is 3. The summed E-state index contributed by atoms with van der Waals surface area (Å²) < 4.78 is 11.5. The van der Waals surface area contributed by atoms with Crippen molar-refractivity contribution in [3.63, 3.8) is 0 Å². The van der Waals surface area contributed by atoms with E-state index in [1.165, 1.54) is 6.07 Å². The van der Waals surface area contributed by atoms with E-state index >= 15 is 0 Å². The Morgan fingerprint density at radius 2 is 2.11 bits per heavy atom. The number of hydrogen-bond acceptors (Lipinski definition) is 7. The lowest BCUT2D eigenvalue weighted by Crippen LogP contribution is -2.50. The molecule has 35 heavy (non-hydrogen) atoms. The number of ether oxygens (including phenoxy) is 2. The van der Waals surface area contributed by atoms with Gasteiger partial charge in [-0.25, -0.2) is 4.98 Å². The Hall–Kier alpha value is -2.82.